The van der Waals surface area contributed by atoms with Crippen LogP contribution in [0.2, 0.25) is 10.0 Å². The molecule has 2 aliphatic rings. The average molecular weight is 878 g/mol. The molecule has 3 aromatic carbocycles. The van der Waals surface area contributed by atoms with Crippen molar-refractivity contribution in [2.45, 2.75) is 62.0 Å². The van der Waals surface area contributed by atoms with E-state index in [-0.39, 0.29) is 47.5 Å². The highest BCUT2D eigenvalue weighted by Crippen LogP contribution is 2.45. The van der Waals surface area contributed by atoms with E-state index >= 15 is 0 Å². The number of carboxylic acids is 1. The van der Waals surface area contributed by atoms with E-state index in [1.807, 2.05) is 54.6 Å². The number of hydrogen-bond donors (Lipinski definition) is 4. The third-order valence-electron chi connectivity index (χ3n) is 10.5. The largest absolute Gasteiger partial charge is 0.492 e. The molecule has 1 saturated heterocycles. The first-order valence-corrected chi connectivity index (χ1v) is 22.2. The van der Waals surface area contributed by atoms with Crippen LogP contribution >= 0.6 is 23.2 Å². The minimum absolute atomic E-state index is 0.0100. The monoisotopic (exact) mass is 876 g/mol. The minimum Gasteiger partial charge on any atom is -0.492 e. The number of carboxylic acid groups (broad SMARTS) is 1. The molecule has 3 atom stereocenters. The first-order chi connectivity index (χ1) is 28.8. The maximum Gasteiger partial charge on any atom is 0.306 e. The Morgan fingerprint density at radius 1 is 0.983 bits per heavy atom. The fourth-order valence-corrected chi connectivity index (χ4v) is 8.67. The third-order valence-corrected chi connectivity index (χ3v) is 12.3. The molecule has 0 amide bonds. The summed E-state index contributed by atoms with van der Waals surface area (Å²) in [5.74, 6) is -0.0735. The summed E-state index contributed by atoms with van der Waals surface area (Å²) in [7, 11) is -3.51. The van der Waals surface area contributed by atoms with Gasteiger partial charge in [0.15, 0.2) is 9.84 Å². The van der Waals surface area contributed by atoms with E-state index in [0.717, 1.165) is 64.9 Å². The Labute approximate surface area is 358 Å². The van der Waals surface area contributed by atoms with Gasteiger partial charge >= 0.3 is 5.97 Å². The van der Waals surface area contributed by atoms with Crippen molar-refractivity contribution >= 4 is 39.0 Å². The quantitative estimate of drug-likeness (QED) is 0.0747. The number of fused-ring (bicyclic) bond motifs is 1. The van der Waals surface area contributed by atoms with Crippen molar-refractivity contribution < 1.29 is 42.7 Å². The number of likely N-dealkylation sites (tertiary alicyclic amines) is 1. The number of ether oxygens (including phenoxy) is 3. The van der Waals surface area contributed by atoms with E-state index in [1.165, 1.54) is 18.5 Å². The van der Waals surface area contributed by atoms with Crippen molar-refractivity contribution in [3.8, 4) is 39.8 Å². The van der Waals surface area contributed by atoms with Gasteiger partial charge in [0.1, 0.15) is 30.1 Å². The molecular formula is C44H46Cl2N4O9S. The zero-order valence-electron chi connectivity index (χ0n) is 32.9. The van der Waals surface area contributed by atoms with Crippen LogP contribution in [-0.2, 0) is 34.2 Å². The fraction of sp³-hybridized carbons (Fsp3) is 0.341. The van der Waals surface area contributed by atoms with Crippen molar-refractivity contribution in [2.24, 2.45) is 0 Å². The number of hydrogen-bond acceptors (Lipinski definition) is 12. The Kier molecular flexibility index (Phi) is 13.9. The fourth-order valence-electron chi connectivity index (χ4n) is 7.50. The van der Waals surface area contributed by atoms with E-state index in [0.29, 0.717) is 42.1 Å². The van der Waals surface area contributed by atoms with Gasteiger partial charge in [0, 0.05) is 73.6 Å². The molecule has 0 saturated carbocycles. The SMILES string of the molecule is CS(=O)(=O)c1cncc(COc2nc(O[C@H]3CCc4c(-c5cccc(-c6ccc(OCCN7CC[C@@H](O)C7)cc6)c5Cl)cccc43)c(Cl)cc2CNC[C@@H](O)CC(=O)O)c1. The van der Waals surface area contributed by atoms with Crippen LogP contribution in [0.5, 0.6) is 17.5 Å². The molecule has 60 heavy (non-hydrogen) atoms. The molecule has 3 heterocycles. The molecule has 5 aromatic rings. The maximum absolute atomic E-state index is 12.1. The van der Waals surface area contributed by atoms with E-state index in [1.54, 1.807) is 6.07 Å². The predicted molar refractivity (Wildman–Crippen MR) is 227 cm³/mol. The highest BCUT2D eigenvalue weighted by atomic mass is 35.5. The van der Waals surface area contributed by atoms with Crippen LogP contribution in [0.25, 0.3) is 22.3 Å². The number of aliphatic carboxylic acids is 1. The summed E-state index contributed by atoms with van der Waals surface area (Å²) in [5, 5.41) is 32.7. The molecule has 0 spiro atoms. The zero-order valence-corrected chi connectivity index (χ0v) is 35.2. The first kappa shape index (κ1) is 43.3. The Morgan fingerprint density at radius 2 is 1.75 bits per heavy atom. The normalized spacial score (nSPS) is 17.0. The lowest BCUT2D eigenvalue weighted by molar-refractivity contribution is -0.139. The lowest BCUT2D eigenvalue weighted by Crippen LogP contribution is -2.28. The molecule has 4 N–H and O–H groups in total. The number of rotatable bonds is 18. The second-order valence-corrected chi connectivity index (χ2v) is 17.8. The number of aromatic nitrogens is 2. The molecule has 0 unspecified atom stereocenters. The van der Waals surface area contributed by atoms with Crippen molar-refractivity contribution in [3.05, 3.63) is 117 Å². The highest BCUT2D eigenvalue weighted by molar-refractivity contribution is 7.90. The van der Waals surface area contributed by atoms with Gasteiger partial charge in [-0.25, -0.2) is 8.42 Å². The molecule has 0 radical (unpaired) electrons. The summed E-state index contributed by atoms with van der Waals surface area (Å²) in [6.07, 6.45) is 3.82. The van der Waals surface area contributed by atoms with E-state index < -0.39 is 34.4 Å². The van der Waals surface area contributed by atoms with Crippen molar-refractivity contribution in [1.82, 2.24) is 20.2 Å². The number of aliphatic hydroxyl groups is 2. The molecule has 13 nitrogen and oxygen atoms in total. The van der Waals surface area contributed by atoms with Crippen LogP contribution in [0, 0.1) is 0 Å². The van der Waals surface area contributed by atoms with Crippen molar-refractivity contribution in [2.75, 3.05) is 39.0 Å². The Balaban J connectivity index is 1.08. The number of halogens is 2. The minimum atomic E-state index is -3.51. The standard InChI is InChI=1S/C44H46Cl2N4O9S/c1-60(55,56)33-18-27(21-47-24-33)26-58-43-29(22-48-23-31(52)20-41(53)54)19-39(45)44(49-43)59-40-13-12-36-35(5-3-6-37(36)40)38-7-2-4-34(42(38)46)28-8-10-32(11-9-28)57-17-16-50-15-14-30(51)25-50/h2-11,18-19,21,24,30-31,40,48,51-52H,12-17,20,22-23,25-26H2,1H3,(H,53,54)/t30-,31+,40+/m1/s1. The van der Waals surface area contributed by atoms with Crippen LogP contribution in [0.15, 0.2) is 90.1 Å². The van der Waals surface area contributed by atoms with Gasteiger partial charge in [0.05, 0.1) is 28.5 Å². The number of pyridine rings is 2. The topological polar surface area (TPSA) is 181 Å². The van der Waals surface area contributed by atoms with Crippen LogP contribution in [0.4, 0.5) is 0 Å². The Morgan fingerprint density at radius 3 is 2.50 bits per heavy atom. The molecule has 7 rings (SSSR count). The van der Waals surface area contributed by atoms with Crippen LogP contribution in [0.3, 0.4) is 0 Å². The second-order valence-electron chi connectivity index (χ2n) is 15.0. The summed E-state index contributed by atoms with van der Waals surface area (Å²) in [4.78, 5) is 22.0. The predicted octanol–water partition coefficient (Wildman–Crippen LogP) is 6.54. The number of carbonyl (C=O) groups is 1. The maximum atomic E-state index is 12.1. The molecule has 1 aliphatic carbocycles. The lowest BCUT2D eigenvalue weighted by Gasteiger charge is -2.19. The van der Waals surface area contributed by atoms with Crippen molar-refractivity contribution in [1.29, 1.82) is 0 Å². The van der Waals surface area contributed by atoms with Gasteiger partial charge in [-0.15, -0.1) is 0 Å². The second kappa shape index (κ2) is 19.3. The summed E-state index contributed by atoms with van der Waals surface area (Å²) in [5.41, 5.74) is 6.81. The Bertz CT molecular complexity index is 2440. The van der Waals surface area contributed by atoms with E-state index in [9.17, 15) is 23.4 Å². The van der Waals surface area contributed by atoms with E-state index in [2.05, 4.69) is 26.3 Å². The molecule has 0 bridgehead atoms. The van der Waals surface area contributed by atoms with Crippen molar-refractivity contribution in [3.63, 3.8) is 0 Å². The summed E-state index contributed by atoms with van der Waals surface area (Å²) >= 11 is 14.0. The van der Waals surface area contributed by atoms with Gasteiger partial charge in [-0.1, -0.05) is 71.7 Å². The number of nitrogens with zero attached hydrogens (tertiary/aromatic N) is 3. The highest BCUT2D eigenvalue weighted by Gasteiger charge is 2.29. The van der Waals surface area contributed by atoms with Gasteiger partial charge in [-0.3, -0.25) is 14.7 Å². The molecule has 1 fully saturated rings. The van der Waals surface area contributed by atoms with Crippen LogP contribution in [0.1, 0.15) is 47.6 Å². The van der Waals surface area contributed by atoms with Gasteiger partial charge < -0.3 is 34.8 Å². The molecule has 2 aromatic heterocycles. The summed E-state index contributed by atoms with van der Waals surface area (Å²) in [6, 6.07) is 23.1. The molecule has 1 aliphatic heterocycles. The zero-order chi connectivity index (χ0) is 42.4. The van der Waals surface area contributed by atoms with Gasteiger partial charge in [-0.05, 0) is 65.8 Å². The van der Waals surface area contributed by atoms with Crippen LogP contribution in [-0.4, -0.2) is 95.8 Å². The van der Waals surface area contributed by atoms with Gasteiger partial charge in [-0.2, -0.15) is 4.98 Å². The molecule has 316 valence electrons. The lowest BCUT2D eigenvalue weighted by atomic mass is 9.94. The smallest absolute Gasteiger partial charge is 0.306 e. The van der Waals surface area contributed by atoms with Crippen LogP contribution < -0.4 is 19.5 Å². The summed E-state index contributed by atoms with van der Waals surface area (Å²) in [6.45, 7) is 2.91. The molecule has 16 heteroatoms. The number of benzene rings is 3. The van der Waals surface area contributed by atoms with E-state index in [4.69, 9.17) is 42.5 Å². The number of sulfone groups is 1. The summed E-state index contributed by atoms with van der Waals surface area (Å²) < 4.78 is 42.9. The van der Waals surface area contributed by atoms with Gasteiger partial charge in [0.2, 0.25) is 11.8 Å². The number of β-amino-alcohol motifs (C(OH)–C–C–N with tert-alkyl or cyclic N) is 1. The average Bonchev–Trinajstić information content (AvgIpc) is 3.83. The Hall–Kier alpha value is -4.80. The first-order valence-electron chi connectivity index (χ1n) is 19.6. The van der Waals surface area contributed by atoms with Gasteiger partial charge in [0.25, 0.3) is 0 Å². The third kappa shape index (κ3) is 10.7. The number of nitrogens with one attached hydrogen (secondary N) is 1. The number of aliphatic hydroxyl groups excluding tert-OH is 2. The molecular weight excluding hydrogens is 831 g/mol.